The number of fused-ring (bicyclic) bond motifs is 4. The van der Waals surface area contributed by atoms with Crippen molar-refractivity contribution in [2.75, 3.05) is 5.32 Å². The van der Waals surface area contributed by atoms with Gasteiger partial charge >= 0.3 is 0 Å². The van der Waals surface area contributed by atoms with Crippen LogP contribution in [0.4, 0.5) is 5.69 Å². The first-order chi connectivity index (χ1) is 11.8. The van der Waals surface area contributed by atoms with Crippen molar-refractivity contribution in [3.05, 3.63) is 84.1 Å². The van der Waals surface area contributed by atoms with Gasteiger partial charge in [-0.3, -0.25) is 0 Å². The zero-order chi connectivity index (χ0) is 16.1. The van der Waals surface area contributed by atoms with Gasteiger partial charge in [0.15, 0.2) is 0 Å². The molecule has 1 aromatic heterocycles. The third kappa shape index (κ3) is 1.88. The molecule has 1 aliphatic heterocycles. The summed E-state index contributed by atoms with van der Waals surface area (Å²) in [5.41, 5.74) is 5.80. The largest absolute Gasteiger partial charge is 0.359 e. The van der Waals surface area contributed by atoms with Crippen LogP contribution in [0.3, 0.4) is 0 Å². The molecular formula is C21H17N3. The molecule has 2 heterocycles. The molecule has 3 aromatic carbocycles. The van der Waals surface area contributed by atoms with Gasteiger partial charge in [-0.2, -0.15) is 5.10 Å². The van der Waals surface area contributed by atoms with E-state index in [1.165, 1.54) is 27.6 Å². The van der Waals surface area contributed by atoms with Crippen molar-refractivity contribution in [1.82, 2.24) is 9.78 Å². The Morgan fingerprint density at radius 2 is 1.71 bits per heavy atom. The van der Waals surface area contributed by atoms with Crippen molar-refractivity contribution in [2.24, 2.45) is 0 Å². The van der Waals surface area contributed by atoms with Gasteiger partial charge in [0.1, 0.15) is 6.17 Å². The van der Waals surface area contributed by atoms with Gasteiger partial charge in [0.05, 0.1) is 11.4 Å². The molecule has 0 spiro atoms. The molecule has 1 aliphatic rings. The number of nitrogens with one attached hydrogen (secondary N) is 1. The maximum Gasteiger partial charge on any atom is 0.147 e. The third-order valence-corrected chi connectivity index (χ3v) is 4.72. The van der Waals surface area contributed by atoms with Crippen molar-refractivity contribution < 1.29 is 0 Å². The summed E-state index contributed by atoms with van der Waals surface area (Å²) in [5.74, 6) is 0. The Labute approximate surface area is 140 Å². The number of anilines is 1. The maximum absolute atomic E-state index is 4.77. The summed E-state index contributed by atoms with van der Waals surface area (Å²) in [6.07, 6.45) is -0.00491. The van der Waals surface area contributed by atoms with Gasteiger partial charge in [0.25, 0.3) is 0 Å². The summed E-state index contributed by atoms with van der Waals surface area (Å²) >= 11 is 0. The number of aromatic nitrogens is 2. The van der Waals surface area contributed by atoms with Crippen LogP contribution in [0.25, 0.3) is 22.0 Å². The van der Waals surface area contributed by atoms with Crippen LogP contribution in [-0.2, 0) is 0 Å². The lowest BCUT2D eigenvalue weighted by molar-refractivity contribution is 0.574. The first-order valence-corrected chi connectivity index (χ1v) is 8.21. The smallest absolute Gasteiger partial charge is 0.147 e. The van der Waals surface area contributed by atoms with Crippen LogP contribution in [0.15, 0.2) is 72.8 Å². The van der Waals surface area contributed by atoms with Crippen molar-refractivity contribution in [3.8, 4) is 11.3 Å². The lowest BCUT2D eigenvalue weighted by Crippen LogP contribution is -2.25. The van der Waals surface area contributed by atoms with Crippen LogP contribution in [0.2, 0.25) is 0 Å². The van der Waals surface area contributed by atoms with E-state index in [1.807, 2.05) is 6.92 Å². The molecule has 1 atom stereocenters. The van der Waals surface area contributed by atoms with Crippen LogP contribution in [-0.4, -0.2) is 9.78 Å². The normalized spacial score (nSPS) is 15.6. The number of benzene rings is 3. The van der Waals surface area contributed by atoms with Crippen LogP contribution >= 0.6 is 0 Å². The average molecular weight is 311 g/mol. The van der Waals surface area contributed by atoms with E-state index in [4.69, 9.17) is 5.10 Å². The van der Waals surface area contributed by atoms with Crippen molar-refractivity contribution in [3.63, 3.8) is 0 Å². The van der Waals surface area contributed by atoms with E-state index in [1.54, 1.807) is 0 Å². The molecule has 4 aromatic rings. The minimum absolute atomic E-state index is 0.00491. The number of aryl methyl sites for hydroxylation is 1. The average Bonchev–Trinajstić information content (AvgIpc) is 3.02. The third-order valence-electron chi connectivity index (χ3n) is 4.72. The second kappa shape index (κ2) is 4.96. The molecule has 0 saturated carbocycles. The predicted octanol–water partition coefficient (Wildman–Crippen LogP) is 4.98. The molecule has 3 heteroatoms. The summed E-state index contributed by atoms with van der Waals surface area (Å²) in [4.78, 5) is 0. The lowest BCUT2D eigenvalue weighted by atomic mass is 9.99. The molecule has 0 bridgehead atoms. The number of hydrogen-bond donors (Lipinski definition) is 1. The fourth-order valence-electron chi connectivity index (χ4n) is 3.65. The van der Waals surface area contributed by atoms with E-state index in [0.29, 0.717) is 0 Å². The van der Waals surface area contributed by atoms with E-state index in [0.717, 1.165) is 11.4 Å². The zero-order valence-corrected chi connectivity index (χ0v) is 13.4. The van der Waals surface area contributed by atoms with E-state index < -0.39 is 0 Å². The summed E-state index contributed by atoms with van der Waals surface area (Å²) in [6, 6.07) is 25.6. The summed E-state index contributed by atoms with van der Waals surface area (Å²) in [6.45, 7) is 2.05. The molecule has 1 unspecified atom stereocenters. The highest BCUT2D eigenvalue weighted by molar-refractivity contribution is 5.87. The summed E-state index contributed by atoms with van der Waals surface area (Å²) in [5, 5.41) is 11.0. The van der Waals surface area contributed by atoms with Gasteiger partial charge in [0.2, 0.25) is 0 Å². The predicted molar refractivity (Wildman–Crippen MR) is 98.1 cm³/mol. The topological polar surface area (TPSA) is 29.9 Å². The monoisotopic (exact) mass is 311 g/mol. The van der Waals surface area contributed by atoms with Crippen molar-refractivity contribution in [2.45, 2.75) is 13.1 Å². The highest BCUT2D eigenvalue weighted by Gasteiger charge is 2.27. The molecule has 0 aliphatic carbocycles. The van der Waals surface area contributed by atoms with Gasteiger partial charge in [-0.15, -0.1) is 0 Å². The number of rotatable bonds is 1. The van der Waals surface area contributed by atoms with E-state index >= 15 is 0 Å². The maximum atomic E-state index is 4.77. The second-order valence-electron chi connectivity index (χ2n) is 6.28. The molecule has 0 radical (unpaired) electrons. The van der Waals surface area contributed by atoms with E-state index in [-0.39, 0.29) is 6.17 Å². The molecular weight excluding hydrogens is 294 g/mol. The van der Waals surface area contributed by atoms with Crippen LogP contribution < -0.4 is 5.32 Å². The Balaban J connectivity index is 1.78. The Morgan fingerprint density at radius 1 is 0.917 bits per heavy atom. The molecule has 24 heavy (non-hydrogen) atoms. The number of para-hydroxylation sites is 1. The standard InChI is InChI=1S/C21H17N3/c1-14-13-20-18-10-4-5-12-19(18)22-21(24(20)23-14)17-11-6-8-15-7-2-3-9-16(15)17/h2-13,21-22H,1H3. The molecule has 116 valence electrons. The summed E-state index contributed by atoms with van der Waals surface area (Å²) in [7, 11) is 0. The number of hydrogen-bond acceptors (Lipinski definition) is 2. The zero-order valence-electron chi connectivity index (χ0n) is 13.4. The highest BCUT2D eigenvalue weighted by atomic mass is 15.4. The first kappa shape index (κ1) is 13.4. The Kier molecular flexibility index (Phi) is 2.77. The Morgan fingerprint density at radius 3 is 2.67 bits per heavy atom. The van der Waals surface area contributed by atoms with Gasteiger partial charge in [-0.1, -0.05) is 60.7 Å². The van der Waals surface area contributed by atoms with Crippen molar-refractivity contribution >= 4 is 16.5 Å². The lowest BCUT2D eigenvalue weighted by Gasteiger charge is -2.30. The van der Waals surface area contributed by atoms with Gasteiger partial charge in [0, 0.05) is 16.8 Å². The minimum atomic E-state index is -0.00491. The summed E-state index contributed by atoms with van der Waals surface area (Å²) < 4.78 is 2.11. The molecule has 0 saturated heterocycles. The van der Waals surface area contributed by atoms with Gasteiger partial charge in [-0.05, 0) is 29.8 Å². The van der Waals surface area contributed by atoms with Gasteiger partial charge < -0.3 is 5.32 Å². The number of nitrogens with zero attached hydrogens (tertiary/aromatic N) is 2. The van der Waals surface area contributed by atoms with Crippen LogP contribution in [0.1, 0.15) is 17.4 Å². The molecule has 5 rings (SSSR count). The fourth-order valence-corrected chi connectivity index (χ4v) is 3.65. The van der Waals surface area contributed by atoms with Crippen LogP contribution in [0.5, 0.6) is 0 Å². The highest BCUT2D eigenvalue weighted by Crippen LogP contribution is 2.39. The SMILES string of the molecule is Cc1cc2n(n1)C(c1cccc3ccccc13)Nc1ccccc1-2. The molecule has 0 amide bonds. The fraction of sp³-hybridized carbons (Fsp3) is 0.0952. The van der Waals surface area contributed by atoms with E-state index in [9.17, 15) is 0 Å². The quantitative estimate of drug-likeness (QED) is 0.537. The molecule has 1 N–H and O–H groups in total. The van der Waals surface area contributed by atoms with Crippen LogP contribution in [0, 0.1) is 6.92 Å². The molecule has 3 nitrogen and oxygen atoms in total. The first-order valence-electron chi connectivity index (χ1n) is 8.21. The van der Waals surface area contributed by atoms with Gasteiger partial charge in [-0.25, -0.2) is 4.68 Å². The Bertz CT molecular complexity index is 1060. The minimum Gasteiger partial charge on any atom is -0.359 e. The van der Waals surface area contributed by atoms with E-state index in [2.05, 4.69) is 82.8 Å². The Hall–Kier alpha value is -3.07. The second-order valence-corrected chi connectivity index (χ2v) is 6.28. The van der Waals surface area contributed by atoms with Crippen molar-refractivity contribution in [1.29, 1.82) is 0 Å². The molecule has 0 fully saturated rings.